The van der Waals surface area contributed by atoms with Gasteiger partial charge in [-0.1, -0.05) is 6.92 Å². The van der Waals surface area contributed by atoms with Crippen LogP contribution < -0.4 is 5.32 Å². The van der Waals surface area contributed by atoms with Crippen molar-refractivity contribution in [3.8, 4) is 11.5 Å². The molecule has 0 amide bonds. The average Bonchev–Trinajstić information content (AvgIpc) is 3.07. The maximum atomic E-state index is 4.65. The van der Waals surface area contributed by atoms with E-state index in [1.807, 2.05) is 10.9 Å². The molecule has 0 spiro atoms. The van der Waals surface area contributed by atoms with Gasteiger partial charge in [-0.15, -0.1) is 11.3 Å². The number of nitrogens with zero attached hydrogens (tertiary/aromatic N) is 3. The van der Waals surface area contributed by atoms with Crippen LogP contribution in [0.3, 0.4) is 0 Å². The van der Waals surface area contributed by atoms with E-state index in [-0.39, 0.29) is 0 Å². The number of aromatic nitrogens is 3. The van der Waals surface area contributed by atoms with Crippen molar-refractivity contribution in [2.45, 2.75) is 45.6 Å². The van der Waals surface area contributed by atoms with Crippen molar-refractivity contribution >= 4 is 11.3 Å². The Kier molecular flexibility index (Phi) is 3.81. The average molecular weight is 288 g/mol. The highest BCUT2D eigenvalue weighted by molar-refractivity contribution is 7.07. The number of thiazole rings is 1. The van der Waals surface area contributed by atoms with Crippen LogP contribution >= 0.6 is 11.3 Å². The van der Waals surface area contributed by atoms with Crippen LogP contribution in [0.15, 0.2) is 10.9 Å². The maximum absolute atomic E-state index is 4.65. The van der Waals surface area contributed by atoms with E-state index in [0.717, 1.165) is 35.5 Å². The van der Waals surface area contributed by atoms with Crippen molar-refractivity contribution < 1.29 is 0 Å². The molecule has 1 aliphatic rings. The lowest BCUT2D eigenvalue weighted by atomic mass is 9.98. The summed E-state index contributed by atoms with van der Waals surface area (Å²) in [5.74, 6) is 1.19. The van der Waals surface area contributed by atoms with E-state index >= 15 is 0 Å². The van der Waals surface area contributed by atoms with Crippen LogP contribution in [0.5, 0.6) is 0 Å². The molecule has 2 heterocycles. The van der Waals surface area contributed by atoms with E-state index in [0.29, 0.717) is 5.92 Å². The van der Waals surface area contributed by atoms with Gasteiger partial charge in [-0.3, -0.25) is 0 Å². The number of rotatable bonds is 5. The molecule has 0 aliphatic heterocycles. The van der Waals surface area contributed by atoms with Gasteiger partial charge in [-0.2, -0.15) is 0 Å². The summed E-state index contributed by atoms with van der Waals surface area (Å²) in [6.45, 7) is 7.41. The molecule has 1 unspecified atom stereocenters. The lowest BCUT2D eigenvalue weighted by molar-refractivity contribution is 0.603. The topological polar surface area (TPSA) is 50.7 Å². The molecule has 1 fully saturated rings. The van der Waals surface area contributed by atoms with Gasteiger partial charge >= 0.3 is 0 Å². The summed E-state index contributed by atoms with van der Waals surface area (Å²) in [6, 6.07) is 0.744. The Morgan fingerprint density at radius 2 is 2.00 bits per heavy atom. The zero-order valence-corrected chi connectivity index (χ0v) is 13.0. The summed E-state index contributed by atoms with van der Waals surface area (Å²) < 4.78 is 0. The highest BCUT2D eigenvalue weighted by Crippen LogP contribution is 2.26. The zero-order valence-electron chi connectivity index (χ0n) is 12.2. The fourth-order valence-electron chi connectivity index (χ4n) is 2.61. The molecule has 5 heteroatoms. The Morgan fingerprint density at radius 1 is 1.30 bits per heavy atom. The van der Waals surface area contributed by atoms with Gasteiger partial charge in [0.2, 0.25) is 0 Å². The fraction of sp³-hybridized carbons (Fsp3) is 0.533. The lowest BCUT2D eigenvalue weighted by Crippen LogP contribution is -2.23. The van der Waals surface area contributed by atoms with Crippen LogP contribution in [0, 0.1) is 13.8 Å². The number of hydrogen-bond donors (Lipinski definition) is 1. The normalized spacial score (nSPS) is 16.4. The molecule has 106 valence electrons. The Morgan fingerprint density at radius 3 is 2.55 bits per heavy atom. The molecule has 0 aromatic carbocycles. The second-order valence-corrected chi connectivity index (χ2v) is 6.31. The van der Waals surface area contributed by atoms with Gasteiger partial charge in [-0.05, 0) is 38.2 Å². The van der Waals surface area contributed by atoms with Crippen molar-refractivity contribution in [2.24, 2.45) is 0 Å². The second-order valence-electron chi connectivity index (χ2n) is 5.59. The molecule has 0 saturated heterocycles. The number of aryl methyl sites for hydroxylation is 2. The lowest BCUT2D eigenvalue weighted by Gasteiger charge is -2.17. The van der Waals surface area contributed by atoms with E-state index in [9.17, 15) is 0 Å². The minimum absolute atomic E-state index is 0.445. The summed E-state index contributed by atoms with van der Waals surface area (Å²) in [4.78, 5) is 13.6. The zero-order chi connectivity index (χ0) is 14.1. The standard InChI is InChI=1S/C15H20N4S/c1-9(6-16-12-4-5-12)14-10(2)18-15(19-11(14)3)13-7-20-8-17-13/h7-9,12,16H,4-6H2,1-3H3. The van der Waals surface area contributed by atoms with Gasteiger partial charge in [0.15, 0.2) is 5.82 Å². The smallest absolute Gasteiger partial charge is 0.179 e. The third kappa shape index (κ3) is 2.88. The van der Waals surface area contributed by atoms with E-state index < -0.39 is 0 Å². The first kappa shape index (κ1) is 13.6. The Labute approximate surface area is 123 Å². The Bertz CT molecular complexity index is 567. The van der Waals surface area contributed by atoms with E-state index in [1.54, 1.807) is 11.3 Å². The van der Waals surface area contributed by atoms with Crippen LogP contribution in [0.4, 0.5) is 0 Å². The van der Waals surface area contributed by atoms with Crippen LogP contribution in [0.25, 0.3) is 11.5 Å². The summed E-state index contributed by atoms with van der Waals surface area (Å²) in [5.41, 5.74) is 6.12. The van der Waals surface area contributed by atoms with Crippen LogP contribution in [0.1, 0.15) is 42.6 Å². The monoisotopic (exact) mass is 288 g/mol. The van der Waals surface area contributed by atoms with Crippen LogP contribution in [0.2, 0.25) is 0 Å². The predicted octanol–water partition coefficient (Wildman–Crippen LogP) is 3.07. The molecule has 1 saturated carbocycles. The quantitative estimate of drug-likeness (QED) is 0.918. The summed E-state index contributed by atoms with van der Waals surface area (Å²) in [5, 5.41) is 5.58. The number of hydrogen-bond acceptors (Lipinski definition) is 5. The molecular formula is C15H20N4S. The third-order valence-electron chi connectivity index (χ3n) is 3.77. The molecule has 4 nitrogen and oxygen atoms in total. The predicted molar refractivity (Wildman–Crippen MR) is 82.1 cm³/mol. The van der Waals surface area contributed by atoms with Crippen LogP contribution in [-0.2, 0) is 0 Å². The summed E-state index contributed by atoms with van der Waals surface area (Å²) >= 11 is 1.57. The molecule has 20 heavy (non-hydrogen) atoms. The number of nitrogens with one attached hydrogen (secondary N) is 1. The van der Waals surface area contributed by atoms with Gasteiger partial charge in [-0.25, -0.2) is 15.0 Å². The molecule has 1 N–H and O–H groups in total. The van der Waals surface area contributed by atoms with E-state index in [2.05, 4.69) is 41.0 Å². The second kappa shape index (κ2) is 5.58. The molecule has 1 aliphatic carbocycles. The maximum Gasteiger partial charge on any atom is 0.179 e. The van der Waals surface area contributed by atoms with Crippen molar-refractivity contribution in [3.63, 3.8) is 0 Å². The van der Waals surface area contributed by atoms with Crippen molar-refractivity contribution in [1.82, 2.24) is 20.3 Å². The molecule has 3 rings (SSSR count). The van der Waals surface area contributed by atoms with Crippen molar-refractivity contribution in [1.29, 1.82) is 0 Å². The fourth-order valence-corrected chi connectivity index (χ4v) is 3.14. The molecule has 1 atom stereocenters. The van der Waals surface area contributed by atoms with Gasteiger partial charge in [0.05, 0.1) is 5.51 Å². The third-order valence-corrected chi connectivity index (χ3v) is 4.36. The summed E-state index contributed by atoms with van der Waals surface area (Å²) in [7, 11) is 0. The van der Waals surface area contributed by atoms with E-state index in [4.69, 9.17) is 0 Å². The Balaban J connectivity index is 1.83. The molecule has 0 radical (unpaired) electrons. The first-order valence-electron chi connectivity index (χ1n) is 7.12. The van der Waals surface area contributed by atoms with Crippen molar-refractivity contribution in [2.75, 3.05) is 6.54 Å². The van der Waals surface area contributed by atoms with Gasteiger partial charge in [0.25, 0.3) is 0 Å². The van der Waals surface area contributed by atoms with E-state index in [1.165, 1.54) is 18.4 Å². The summed E-state index contributed by atoms with van der Waals surface area (Å²) in [6.07, 6.45) is 2.65. The first-order valence-corrected chi connectivity index (χ1v) is 8.06. The molecule has 2 aromatic heterocycles. The largest absolute Gasteiger partial charge is 0.313 e. The highest BCUT2D eigenvalue weighted by atomic mass is 32.1. The SMILES string of the molecule is Cc1nc(-c2cscn2)nc(C)c1C(C)CNC1CC1. The Hall–Kier alpha value is -1.33. The minimum Gasteiger partial charge on any atom is -0.313 e. The van der Waals surface area contributed by atoms with Gasteiger partial charge in [0.1, 0.15) is 5.69 Å². The molecular weight excluding hydrogens is 268 g/mol. The van der Waals surface area contributed by atoms with Crippen LogP contribution in [-0.4, -0.2) is 27.5 Å². The first-order chi connectivity index (χ1) is 9.65. The van der Waals surface area contributed by atoms with Gasteiger partial charge in [0, 0.05) is 29.4 Å². The minimum atomic E-state index is 0.445. The van der Waals surface area contributed by atoms with Crippen molar-refractivity contribution in [3.05, 3.63) is 27.8 Å². The highest BCUT2D eigenvalue weighted by Gasteiger charge is 2.23. The molecule has 0 bridgehead atoms. The molecule has 2 aromatic rings. The van der Waals surface area contributed by atoms with Gasteiger partial charge < -0.3 is 5.32 Å².